The third kappa shape index (κ3) is 1.84. The molecular formula is C16H18N2. The predicted molar refractivity (Wildman–Crippen MR) is 76.5 cm³/mol. The fourth-order valence-electron chi connectivity index (χ4n) is 2.71. The van der Waals surface area contributed by atoms with E-state index in [9.17, 15) is 0 Å². The van der Waals surface area contributed by atoms with Crippen molar-refractivity contribution in [1.82, 2.24) is 5.32 Å². The highest BCUT2D eigenvalue weighted by Gasteiger charge is 2.25. The van der Waals surface area contributed by atoms with Gasteiger partial charge in [-0.2, -0.15) is 0 Å². The molecule has 3 rings (SSSR count). The van der Waals surface area contributed by atoms with Crippen LogP contribution >= 0.6 is 0 Å². The normalized spacial score (nSPS) is 19.3. The summed E-state index contributed by atoms with van der Waals surface area (Å²) < 4.78 is 0. The van der Waals surface area contributed by atoms with Crippen molar-refractivity contribution in [2.75, 3.05) is 11.4 Å². The second kappa shape index (κ2) is 4.37. The van der Waals surface area contributed by atoms with Gasteiger partial charge in [0.2, 0.25) is 0 Å². The standard InChI is InChI=1S/C16H18N2/c1-12-7-9-17-15(11-12)13(2)18-10-8-14-5-3-4-6-16(14)18/h3-7,9,11,13,17H,1,8,10H2,2H3. The fraction of sp³-hybridized carbons (Fsp3) is 0.250. The van der Waals surface area contributed by atoms with E-state index in [0.29, 0.717) is 6.04 Å². The summed E-state index contributed by atoms with van der Waals surface area (Å²) in [6, 6.07) is 9.03. The number of dihydropyridines is 1. The van der Waals surface area contributed by atoms with Crippen LogP contribution in [0.25, 0.3) is 0 Å². The van der Waals surface area contributed by atoms with E-state index in [2.05, 4.69) is 54.1 Å². The molecule has 18 heavy (non-hydrogen) atoms. The van der Waals surface area contributed by atoms with E-state index in [1.807, 2.05) is 12.3 Å². The molecule has 0 radical (unpaired) electrons. The lowest BCUT2D eigenvalue weighted by molar-refractivity contribution is 0.695. The van der Waals surface area contributed by atoms with E-state index in [1.165, 1.54) is 16.9 Å². The third-order valence-corrected chi connectivity index (χ3v) is 3.73. The molecule has 2 aliphatic heterocycles. The number of hydrogen-bond donors (Lipinski definition) is 1. The molecule has 92 valence electrons. The SMILES string of the molecule is C=C1C=CNC(C(C)N2CCc3ccccc32)=C1. The van der Waals surface area contributed by atoms with Crippen LogP contribution in [-0.2, 0) is 6.42 Å². The Morgan fingerprint density at radius 3 is 3.00 bits per heavy atom. The molecule has 0 saturated heterocycles. The Morgan fingerprint density at radius 1 is 1.33 bits per heavy atom. The Hall–Kier alpha value is -1.96. The van der Waals surface area contributed by atoms with Crippen LogP contribution < -0.4 is 10.2 Å². The van der Waals surface area contributed by atoms with Crippen molar-refractivity contribution in [1.29, 1.82) is 0 Å². The number of nitrogens with zero attached hydrogens (tertiary/aromatic N) is 1. The number of benzene rings is 1. The van der Waals surface area contributed by atoms with Gasteiger partial charge in [0.05, 0.1) is 6.04 Å². The first kappa shape index (κ1) is 11.1. The molecule has 0 saturated carbocycles. The lowest BCUT2D eigenvalue weighted by atomic mass is 10.1. The molecule has 0 bridgehead atoms. The number of rotatable bonds is 2. The van der Waals surface area contributed by atoms with E-state index in [1.54, 1.807) is 0 Å². The van der Waals surface area contributed by atoms with Gasteiger partial charge in [-0.25, -0.2) is 0 Å². The number of para-hydroxylation sites is 1. The van der Waals surface area contributed by atoms with Crippen LogP contribution in [0.15, 0.2) is 60.5 Å². The van der Waals surface area contributed by atoms with Crippen LogP contribution in [0.2, 0.25) is 0 Å². The molecule has 0 aromatic heterocycles. The van der Waals surface area contributed by atoms with Gasteiger partial charge in [-0.1, -0.05) is 24.8 Å². The zero-order valence-electron chi connectivity index (χ0n) is 10.7. The minimum atomic E-state index is 0.357. The summed E-state index contributed by atoms with van der Waals surface area (Å²) in [5, 5.41) is 3.34. The van der Waals surface area contributed by atoms with Crippen molar-refractivity contribution in [2.45, 2.75) is 19.4 Å². The molecule has 2 aliphatic rings. The summed E-state index contributed by atoms with van der Waals surface area (Å²) in [6.45, 7) is 7.33. The highest BCUT2D eigenvalue weighted by molar-refractivity contribution is 5.60. The highest BCUT2D eigenvalue weighted by Crippen LogP contribution is 2.31. The first-order chi connectivity index (χ1) is 8.75. The van der Waals surface area contributed by atoms with E-state index < -0.39 is 0 Å². The van der Waals surface area contributed by atoms with Gasteiger partial charge < -0.3 is 10.2 Å². The van der Waals surface area contributed by atoms with E-state index in [-0.39, 0.29) is 0 Å². The van der Waals surface area contributed by atoms with Crippen molar-refractivity contribution in [2.24, 2.45) is 0 Å². The Bertz CT molecular complexity index is 540. The molecule has 1 unspecified atom stereocenters. The maximum atomic E-state index is 4.00. The van der Waals surface area contributed by atoms with Gasteiger partial charge in [0.1, 0.15) is 0 Å². The minimum Gasteiger partial charge on any atom is -0.363 e. The number of hydrogen-bond acceptors (Lipinski definition) is 2. The molecule has 1 aromatic carbocycles. The zero-order valence-corrected chi connectivity index (χ0v) is 10.7. The van der Waals surface area contributed by atoms with Gasteiger partial charge in [0.15, 0.2) is 0 Å². The summed E-state index contributed by atoms with van der Waals surface area (Å²) in [7, 11) is 0. The Morgan fingerprint density at radius 2 is 2.17 bits per heavy atom. The van der Waals surface area contributed by atoms with Crippen LogP contribution in [0.3, 0.4) is 0 Å². The number of fused-ring (bicyclic) bond motifs is 1. The molecule has 0 fully saturated rings. The number of nitrogens with one attached hydrogen (secondary N) is 1. The summed E-state index contributed by atoms with van der Waals surface area (Å²) in [5.41, 5.74) is 5.10. The summed E-state index contributed by atoms with van der Waals surface area (Å²) in [4.78, 5) is 2.46. The molecule has 2 heteroatoms. The Balaban J connectivity index is 1.87. The van der Waals surface area contributed by atoms with Crippen molar-refractivity contribution >= 4 is 5.69 Å². The van der Waals surface area contributed by atoms with Gasteiger partial charge in [-0.05, 0) is 42.7 Å². The second-order valence-corrected chi connectivity index (χ2v) is 4.90. The quantitative estimate of drug-likeness (QED) is 0.852. The predicted octanol–water partition coefficient (Wildman–Crippen LogP) is 2.99. The zero-order chi connectivity index (χ0) is 12.5. The highest BCUT2D eigenvalue weighted by atomic mass is 15.2. The molecule has 1 atom stereocenters. The average Bonchev–Trinajstić information content (AvgIpc) is 2.82. The summed E-state index contributed by atoms with van der Waals surface area (Å²) in [5.74, 6) is 0. The van der Waals surface area contributed by atoms with Crippen LogP contribution in [0.4, 0.5) is 5.69 Å². The molecule has 0 amide bonds. The maximum Gasteiger partial charge on any atom is 0.0663 e. The summed E-state index contributed by atoms with van der Waals surface area (Å²) >= 11 is 0. The van der Waals surface area contributed by atoms with Gasteiger partial charge in [-0.3, -0.25) is 0 Å². The molecule has 1 aromatic rings. The second-order valence-electron chi connectivity index (χ2n) is 4.90. The van der Waals surface area contributed by atoms with E-state index >= 15 is 0 Å². The van der Waals surface area contributed by atoms with Crippen molar-refractivity contribution in [3.8, 4) is 0 Å². The first-order valence-electron chi connectivity index (χ1n) is 6.44. The largest absolute Gasteiger partial charge is 0.363 e. The Kier molecular flexibility index (Phi) is 2.71. The molecule has 0 aliphatic carbocycles. The van der Waals surface area contributed by atoms with E-state index in [0.717, 1.165) is 18.5 Å². The van der Waals surface area contributed by atoms with Crippen LogP contribution in [-0.4, -0.2) is 12.6 Å². The Labute approximate surface area is 108 Å². The molecule has 2 heterocycles. The third-order valence-electron chi connectivity index (χ3n) is 3.73. The smallest absolute Gasteiger partial charge is 0.0663 e. The van der Waals surface area contributed by atoms with Crippen LogP contribution in [0.1, 0.15) is 12.5 Å². The minimum absolute atomic E-state index is 0.357. The van der Waals surface area contributed by atoms with Gasteiger partial charge in [-0.15, -0.1) is 0 Å². The monoisotopic (exact) mass is 238 g/mol. The number of allylic oxidation sites excluding steroid dienone is 3. The lowest BCUT2D eigenvalue weighted by Gasteiger charge is -2.30. The molecule has 0 spiro atoms. The van der Waals surface area contributed by atoms with Crippen molar-refractivity contribution in [3.63, 3.8) is 0 Å². The topological polar surface area (TPSA) is 15.3 Å². The number of anilines is 1. The van der Waals surface area contributed by atoms with Crippen LogP contribution in [0, 0.1) is 0 Å². The van der Waals surface area contributed by atoms with Crippen molar-refractivity contribution < 1.29 is 0 Å². The molecular weight excluding hydrogens is 220 g/mol. The van der Waals surface area contributed by atoms with Crippen molar-refractivity contribution in [3.05, 3.63) is 66.0 Å². The lowest BCUT2D eigenvalue weighted by Crippen LogP contribution is -2.37. The molecule has 1 N–H and O–H groups in total. The van der Waals surface area contributed by atoms with Gasteiger partial charge in [0.25, 0.3) is 0 Å². The maximum absolute atomic E-state index is 4.00. The molecule has 2 nitrogen and oxygen atoms in total. The fourth-order valence-corrected chi connectivity index (χ4v) is 2.71. The summed E-state index contributed by atoms with van der Waals surface area (Å²) in [6.07, 6.45) is 7.24. The van der Waals surface area contributed by atoms with Gasteiger partial charge >= 0.3 is 0 Å². The average molecular weight is 238 g/mol. The first-order valence-corrected chi connectivity index (χ1v) is 6.44. The van der Waals surface area contributed by atoms with E-state index in [4.69, 9.17) is 0 Å². The van der Waals surface area contributed by atoms with Gasteiger partial charge in [0, 0.05) is 24.1 Å². The van der Waals surface area contributed by atoms with Crippen LogP contribution in [0.5, 0.6) is 0 Å².